The minimum Gasteiger partial charge on any atom is -0.496 e. The van der Waals surface area contributed by atoms with Gasteiger partial charge in [0.25, 0.3) is 0 Å². The molecule has 0 N–H and O–H groups in total. The fraction of sp³-hybridized carbons (Fsp3) is 0.154. The third kappa shape index (κ3) is 2.80. The van der Waals surface area contributed by atoms with E-state index >= 15 is 0 Å². The van der Waals surface area contributed by atoms with Crippen LogP contribution in [0.3, 0.4) is 0 Å². The second-order valence-corrected chi connectivity index (χ2v) is 4.28. The molecule has 0 saturated heterocycles. The molecule has 0 saturated carbocycles. The Morgan fingerprint density at radius 1 is 1.20 bits per heavy atom. The molecule has 0 fully saturated rings. The van der Waals surface area contributed by atoms with Crippen molar-refractivity contribution in [3.63, 3.8) is 0 Å². The molecule has 0 spiro atoms. The molecule has 0 bridgehead atoms. The third-order valence-electron chi connectivity index (χ3n) is 2.55. The number of hydrogen-bond acceptors (Lipinski definition) is 3. The molecule has 2 rings (SSSR count). The molecule has 0 amide bonds. The minimum absolute atomic E-state index is 0.0310. The average molecular weight is 305 g/mol. The molecule has 0 aliphatic rings. The van der Waals surface area contributed by atoms with Crippen molar-refractivity contribution in [1.29, 1.82) is 0 Å². The maximum atomic E-state index is 12.7. The van der Waals surface area contributed by atoms with Crippen LogP contribution in [-0.4, -0.2) is 7.11 Å². The van der Waals surface area contributed by atoms with Crippen LogP contribution >= 0.6 is 11.6 Å². The van der Waals surface area contributed by atoms with Gasteiger partial charge in [0.2, 0.25) is 0 Å². The number of alkyl halides is 3. The highest BCUT2D eigenvalue weighted by Gasteiger charge is 2.39. The Bertz CT molecular complexity index is 675. The van der Waals surface area contributed by atoms with Crippen LogP contribution in [0.5, 0.6) is 5.75 Å². The van der Waals surface area contributed by atoms with Crippen LogP contribution in [0, 0.1) is 0 Å². The molecule has 0 unspecified atom stereocenters. The van der Waals surface area contributed by atoms with Gasteiger partial charge in [0.1, 0.15) is 11.5 Å². The van der Waals surface area contributed by atoms with Crippen LogP contribution in [0.25, 0.3) is 11.3 Å². The number of methoxy groups -OCH3 is 1. The molecule has 1 aromatic heterocycles. The lowest BCUT2D eigenvalue weighted by molar-refractivity contribution is -0.141. The Kier molecular flexibility index (Phi) is 3.76. The first-order chi connectivity index (χ1) is 9.32. The topological polar surface area (TPSA) is 39.4 Å². The second kappa shape index (κ2) is 5.20. The number of hydrogen-bond donors (Lipinski definition) is 0. The van der Waals surface area contributed by atoms with Gasteiger partial charge in [-0.05, 0) is 24.3 Å². The Morgan fingerprint density at radius 2 is 1.80 bits per heavy atom. The summed E-state index contributed by atoms with van der Waals surface area (Å²) >= 11 is 5.71. The van der Waals surface area contributed by atoms with Gasteiger partial charge in [0, 0.05) is 16.7 Å². The molecule has 2 aromatic rings. The van der Waals surface area contributed by atoms with Gasteiger partial charge in [-0.15, -0.1) is 0 Å². The lowest BCUT2D eigenvalue weighted by atomic mass is 10.1. The Morgan fingerprint density at radius 3 is 2.30 bits per heavy atom. The highest BCUT2D eigenvalue weighted by atomic mass is 35.5. The molecule has 1 heterocycles. The summed E-state index contributed by atoms with van der Waals surface area (Å²) < 4.78 is 47.5. The minimum atomic E-state index is -4.84. The maximum Gasteiger partial charge on any atom is 0.427 e. The maximum absolute atomic E-state index is 12.7. The summed E-state index contributed by atoms with van der Waals surface area (Å²) in [5.41, 5.74) is -2.54. The summed E-state index contributed by atoms with van der Waals surface area (Å²) in [5.74, 6) is -0.616. The molecular formula is C13H8ClF3O3. The van der Waals surface area contributed by atoms with E-state index in [0.29, 0.717) is 10.6 Å². The van der Waals surface area contributed by atoms with Crippen LogP contribution in [0.4, 0.5) is 13.2 Å². The summed E-state index contributed by atoms with van der Waals surface area (Å²) in [5, 5.41) is 0.454. The summed E-state index contributed by atoms with van der Waals surface area (Å²) in [4.78, 5) is 11.5. The number of halogens is 4. The van der Waals surface area contributed by atoms with E-state index in [1.54, 1.807) is 0 Å². The van der Waals surface area contributed by atoms with Crippen molar-refractivity contribution in [1.82, 2.24) is 0 Å². The fourth-order valence-electron chi connectivity index (χ4n) is 1.65. The van der Waals surface area contributed by atoms with Crippen molar-refractivity contribution in [3.05, 3.63) is 51.3 Å². The van der Waals surface area contributed by atoms with Gasteiger partial charge >= 0.3 is 11.8 Å². The van der Waals surface area contributed by atoms with Crippen molar-refractivity contribution < 1.29 is 22.3 Å². The van der Waals surface area contributed by atoms with Gasteiger partial charge in [-0.2, -0.15) is 13.2 Å². The van der Waals surface area contributed by atoms with Gasteiger partial charge < -0.3 is 9.15 Å². The Balaban J connectivity index is 2.62. The van der Waals surface area contributed by atoms with E-state index in [4.69, 9.17) is 16.0 Å². The number of ether oxygens (including phenoxy) is 1. The largest absolute Gasteiger partial charge is 0.496 e. The zero-order valence-electron chi connectivity index (χ0n) is 10.1. The molecule has 0 aliphatic heterocycles. The summed E-state index contributed by atoms with van der Waals surface area (Å²) in [6.45, 7) is 0. The molecule has 20 heavy (non-hydrogen) atoms. The fourth-order valence-corrected chi connectivity index (χ4v) is 1.77. The van der Waals surface area contributed by atoms with E-state index in [1.807, 2.05) is 0 Å². The van der Waals surface area contributed by atoms with Crippen LogP contribution in [0.15, 0.2) is 39.5 Å². The quantitative estimate of drug-likeness (QED) is 0.842. The third-order valence-corrected chi connectivity index (χ3v) is 2.80. The zero-order valence-corrected chi connectivity index (χ0v) is 10.9. The highest BCUT2D eigenvalue weighted by molar-refractivity contribution is 6.30. The van der Waals surface area contributed by atoms with Crippen molar-refractivity contribution in [2.24, 2.45) is 0 Å². The predicted octanol–water partition coefficient (Wildman–Crippen LogP) is 3.99. The number of rotatable bonds is 2. The van der Waals surface area contributed by atoms with Crippen LogP contribution in [-0.2, 0) is 6.18 Å². The van der Waals surface area contributed by atoms with Gasteiger partial charge in [-0.3, -0.25) is 0 Å². The first kappa shape index (κ1) is 14.5. The first-order valence-corrected chi connectivity index (χ1v) is 5.76. The van der Waals surface area contributed by atoms with Gasteiger partial charge in [-0.1, -0.05) is 11.6 Å². The lowest BCUT2D eigenvalue weighted by Crippen LogP contribution is -2.20. The zero-order chi connectivity index (χ0) is 14.9. The van der Waals surface area contributed by atoms with Crippen LogP contribution < -0.4 is 10.4 Å². The van der Waals surface area contributed by atoms with E-state index < -0.39 is 23.1 Å². The molecule has 0 radical (unpaired) electrons. The molecular weight excluding hydrogens is 297 g/mol. The molecule has 3 nitrogen and oxygen atoms in total. The van der Waals surface area contributed by atoms with E-state index in [2.05, 4.69) is 4.74 Å². The van der Waals surface area contributed by atoms with Crippen LogP contribution in [0.2, 0.25) is 5.02 Å². The summed E-state index contributed by atoms with van der Waals surface area (Å²) in [7, 11) is 1.05. The van der Waals surface area contributed by atoms with Crippen molar-refractivity contribution in [2.45, 2.75) is 6.18 Å². The standard InChI is InChI=1S/C13H8ClF3O3/c1-19-10-6-9(7-2-4-8(14)5-3-7)20-12(18)11(10)13(15,16)17/h2-6H,1H3. The average Bonchev–Trinajstić information content (AvgIpc) is 2.37. The van der Waals surface area contributed by atoms with E-state index in [-0.39, 0.29) is 5.76 Å². The lowest BCUT2D eigenvalue weighted by Gasteiger charge is -2.11. The summed E-state index contributed by atoms with van der Waals surface area (Å²) in [6, 6.07) is 7.12. The molecule has 0 atom stereocenters. The highest BCUT2D eigenvalue weighted by Crippen LogP contribution is 2.35. The van der Waals surface area contributed by atoms with Gasteiger partial charge in [0.15, 0.2) is 5.56 Å². The van der Waals surface area contributed by atoms with Crippen LogP contribution in [0.1, 0.15) is 5.56 Å². The van der Waals surface area contributed by atoms with Crippen molar-refractivity contribution >= 4 is 11.6 Å². The van der Waals surface area contributed by atoms with Gasteiger partial charge in [0.05, 0.1) is 7.11 Å². The first-order valence-electron chi connectivity index (χ1n) is 5.38. The number of benzene rings is 1. The van der Waals surface area contributed by atoms with E-state index in [0.717, 1.165) is 13.2 Å². The van der Waals surface area contributed by atoms with Crippen molar-refractivity contribution in [3.8, 4) is 17.1 Å². The SMILES string of the molecule is COc1cc(-c2ccc(Cl)cc2)oc(=O)c1C(F)(F)F. The molecule has 106 valence electrons. The second-order valence-electron chi connectivity index (χ2n) is 3.85. The summed E-state index contributed by atoms with van der Waals surface area (Å²) in [6.07, 6.45) is -4.84. The normalized spacial score (nSPS) is 11.4. The van der Waals surface area contributed by atoms with E-state index in [1.165, 1.54) is 24.3 Å². The van der Waals surface area contributed by atoms with Gasteiger partial charge in [-0.25, -0.2) is 4.79 Å². The predicted molar refractivity (Wildman–Crippen MR) is 67.0 cm³/mol. The van der Waals surface area contributed by atoms with Crippen molar-refractivity contribution in [2.75, 3.05) is 7.11 Å². The Hall–Kier alpha value is -1.95. The smallest absolute Gasteiger partial charge is 0.427 e. The van der Waals surface area contributed by atoms with E-state index in [9.17, 15) is 18.0 Å². The molecule has 7 heteroatoms. The molecule has 1 aromatic carbocycles. The Labute approximate surface area is 116 Å². The monoisotopic (exact) mass is 304 g/mol. The molecule has 0 aliphatic carbocycles.